The molecule has 4 heteroatoms. The fourth-order valence-corrected chi connectivity index (χ4v) is 3.76. The van der Waals surface area contributed by atoms with Crippen LogP contribution in [0.5, 0.6) is 0 Å². The van der Waals surface area contributed by atoms with Crippen molar-refractivity contribution in [3.63, 3.8) is 0 Å². The van der Waals surface area contributed by atoms with Crippen molar-refractivity contribution >= 4 is 11.8 Å². The van der Waals surface area contributed by atoms with Crippen LogP contribution in [0.25, 0.3) is 0 Å². The first-order chi connectivity index (χ1) is 10.2. The number of amides is 2. The van der Waals surface area contributed by atoms with Gasteiger partial charge in [-0.25, -0.2) is 0 Å². The monoisotopic (exact) mass is 284 g/mol. The molecule has 1 saturated carbocycles. The maximum atomic E-state index is 12.5. The Kier molecular flexibility index (Phi) is 2.98. The molecular weight excluding hydrogens is 264 g/mol. The Hall–Kier alpha value is -1.84. The molecule has 0 N–H and O–H groups in total. The quantitative estimate of drug-likeness (QED) is 0.788. The van der Waals surface area contributed by atoms with E-state index >= 15 is 0 Å². The van der Waals surface area contributed by atoms with Gasteiger partial charge >= 0.3 is 0 Å². The summed E-state index contributed by atoms with van der Waals surface area (Å²) in [6.07, 6.45) is 4.06. The van der Waals surface area contributed by atoms with E-state index in [-0.39, 0.29) is 30.3 Å². The van der Waals surface area contributed by atoms with Crippen LogP contribution in [0.2, 0.25) is 0 Å². The zero-order valence-electron chi connectivity index (χ0n) is 12.1. The zero-order valence-corrected chi connectivity index (χ0v) is 12.1. The SMILES string of the molecule is O=C(C1CCC1)N1CC(=O)N2CCc3ccccc3C2C1. The third-order valence-electron chi connectivity index (χ3n) is 5.22. The molecule has 1 atom stereocenters. The molecule has 4 nitrogen and oxygen atoms in total. The summed E-state index contributed by atoms with van der Waals surface area (Å²) in [4.78, 5) is 28.6. The van der Waals surface area contributed by atoms with Crippen molar-refractivity contribution in [2.24, 2.45) is 5.92 Å². The van der Waals surface area contributed by atoms with E-state index in [1.807, 2.05) is 11.0 Å². The number of carbonyl (C=O) groups excluding carboxylic acids is 2. The van der Waals surface area contributed by atoms with Crippen LogP contribution in [0.4, 0.5) is 0 Å². The molecule has 1 aromatic carbocycles. The highest BCUT2D eigenvalue weighted by atomic mass is 16.2. The topological polar surface area (TPSA) is 40.6 Å². The predicted molar refractivity (Wildman–Crippen MR) is 78.5 cm³/mol. The van der Waals surface area contributed by atoms with E-state index in [9.17, 15) is 9.59 Å². The van der Waals surface area contributed by atoms with Crippen LogP contribution in [0.15, 0.2) is 24.3 Å². The largest absolute Gasteiger partial charge is 0.332 e. The fraction of sp³-hybridized carbons (Fsp3) is 0.529. The van der Waals surface area contributed by atoms with Crippen LogP contribution < -0.4 is 0 Å². The minimum absolute atomic E-state index is 0.0558. The summed E-state index contributed by atoms with van der Waals surface area (Å²) in [5.41, 5.74) is 2.55. The molecule has 2 aliphatic heterocycles. The average molecular weight is 284 g/mol. The molecule has 1 aromatic rings. The first-order valence-corrected chi connectivity index (χ1v) is 7.90. The van der Waals surface area contributed by atoms with E-state index in [1.165, 1.54) is 11.1 Å². The van der Waals surface area contributed by atoms with Crippen molar-refractivity contribution in [1.82, 2.24) is 9.80 Å². The Bertz CT molecular complexity index is 594. The van der Waals surface area contributed by atoms with Gasteiger partial charge in [-0.1, -0.05) is 30.7 Å². The van der Waals surface area contributed by atoms with E-state index in [4.69, 9.17) is 0 Å². The number of fused-ring (bicyclic) bond motifs is 3. The summed E-state index contributed by atoms with van der Waals surface area (Å²) >= 11 is 0. The molecule has 1 aliphatic carbocycles. The van der Waals surface area contributed by atoms with Crippen molar-refractivity contribution in [2.45, 2.75) is 31.7 Å². The molecule has 4 rings (SSSR count). The Morgan fingerprint density at radius 3 is 2.76 bits per heavy atom. The molecule has 0 spiro atoms. The predicted octanol–water partition coefficient (Wildman–Crippen LogP) is 1.75. The minimum Gasteiger partial charge on any atom is -0.332 e. The number of rotatable bonds is 1. The molecule has 2 heterocycles. The lowest BCUT2D eigenvalue weighted by Crippen LogP contribution is -2.57. The van der Waals surface area contributed by atoms with Crippen molar-refractivity contribution in [3.8, 4) is 0 Å². The van der Waals surface area contributed by atoms with Crippen LogP contribution in [-0.2, 0) is 16.0 Å². The maximum Gasteiger partial charge on any atom is 0.242 e. The van der Waals surface area contributed by atoms with Gasteiger partial charge in [-0.2, -0.15) is 0 Å². The lowest BCUT2D eigenvalue weighted by Gasteiger charge is -2.45. The van der Waals surface area contributed by atoms with Gasteiger partial charge in [0.2, 0.25) is 11.8 Å². The maximum absolute atomic E-state index is 12.5. The van der Waals surface area contributed by atoms with Gasteiger partial charge in [0, 0.05) is 19.0 Å². The number of piperazine rings is 1. The van der Waals surface area contributed by atoms with Crippen LogP contribution in [0.3, 0.4) is 0 Å². The second-order valence-corrected chi connectivity index (χ2v) is 6.40. The lowest BCUT2D eigenvalue weighted by atomic mass is 9.83. The second kappa shape index (κ2) is 4.86. The van der Waals surface area contributed by atoms with Gasteiger partial charge in [-0.15, -0.1) is 0 Å². The van der Waals surface area contributed by atoms with E-state index in [0.717, 1.165) is 32.2 Å². The molecule has 110 valence electrons. The van der Waals surface area contributed by atoms with Gasteiger partial charge in [0.25, 0.3) is 0 Å². The summed E-state index contributed by atoms with van der Waals surface area (Å²) in [5, 5.41) is 0. The van der Waals surface area contributed by atoms with Gasteiger partial charge in [0.15, 0.2) is 0 Å². The molecule has 2 amide bonds. The Balaban J connectivity index is 1.62. The summed E-state index contributed by atoms with van der Waals surface area (Å²) in [7, 11) is 0. The number of hydrogen-bond donors (Lipinski definition) is 0. The summed E-state index contributed by atoms with van der Waals surface area (Å²) < 4.78 is 0. The average Bonchev–Trinajstić information content (AvgIpc) is 2.45. The standard InChI is InChI=1S/C17H20N2O2/c20-16-11-18(17(21)13-5-3-6-13)10-15-14-7-2-1-4-12(14)8-9-19(15)16/h1-2,4,7,13,15H,3,5-6,8-11H2. The first kappa shape index (κ1) is 12.9. The molecule has 1 unspecified atom stereocenters. The summed E-state index contributed by atoms with van der Waals surface area (Å²) in [6.45, 7) is 1.72. The van der Waals surface area contributed by atoms with Gasteiger partial charge in [-0.05, 0) is 30.4 Å². The number of benzene rings is 1. The third kappa shape index (κ3) is 2.04. The van der Waals surface area contributed by atoms with Gasteiger partial charge in [0.05, 0.1) is 12.6 Å². The molecular formula is C17H20N2O2. The second-order valence-electron chi connectivity index (χ2n) is 6.40. The number of carbonyl (C=O) groups is 2. The molecule has 1 saturated heterocycles. The highest BCUT2D eigenvalue weighted by molar-refractivity contribution is 5.88. The highest BCUT2D eigenvalue weighted by Crippen LogP contribution is 2.35. The number of nitrogens with zero attached hydrogens (tertiary/aromatic N) is 2. The summed E-state index contributed by atoms with van der Waals surface area (Å²) in [6, 6.07) is 8.39. The van der Waals surface area contributed by atoms with Crippen molar-refractivity contribution in [3.05, 3.63) is 35.4 Å². The fourth-order valence-electron chi connectivity index (χ4n) is 3.76. The van der Waals surface area contributed by atoms with Crippen LogP contribution >= 0.6 is 0 Å². The molecule has 3 aliphatic rings. The Morgan fingerprint density at radius 2 is 2.00 bits per heavy atom. The van der Waals surface area contributed by atoms with E-state index in [1.54, 1.807) is 4.90 Å². The van der Waals surface area contributed by atoms with Crippen molar-refractivity contribution in [1.29, 1.82) is 0 Å². The van der Waals surface area contributed by atoms with Crippen molar-refractivity contribution in [2.75, 3.05) is 19.6 Å². The van der Waals surface area contributed by atoms with Crippen LogP contribution in [-0.4, -0.2) is 41.2 Å². The lowest BCUT2D eigenvalue weighted by molar-refractivity contribution is -0.152. The van der Waals surface area contributed by atoms with E-state index < -0.39 is 0 Å². The molecule has 0 radical (unpaired) electrons. The van der Waals surface area contributed by atoms with E-state index in [2.05, 4.69) is 18.2 Å². The summed E-state index contributed by atoms with van der Waals surface area (Å²) in [5.74, 6) is 0.467. The van der Waals surface area contributed by atoms with E-state index in [0.29, 0.717) is 6.54 Å². The number of hydrogen-bond acceptors (Lipinski definition) is 2. The van der Waals surface area contributed by atoms with Crippen LogP contribution in [0, 0.1) is 5.92 Å². The molecule has 0 aromatic heterocycles. The Labute approximate surface area is 124 Å². The molecule has 2 fully saturated rings. The van der Waals surface area contributed by atoms with Crippen LogP contribution in [0.1, 0.15) is 36.4 Å². The zero-order chi connectivity index (χ0) is 14.4. The van der Waals surface area contributed by atoms with Gasteiger partial charge in [0.1, 0.15) is 0 Å². The minimum atomic E-state index is 0.0558. The third-order valence-corrected chi connectivity index (χ3v) is 5.22. The normalized spacial score (nSPS) is 25.1. The first-order valence-electron chi connectivity index (χ1n) is 7.90. The Morgan fingerprint density at radius 1 is 1.19 bits per heavy atom. The van der Waals surface area contributed by atoms with Gasteiger partial charge < -0.3 is 9.80 Å². The van der Waals surface area contributed by atoms with Crippen molar-refractivity contribution < 1.29 is 9.59 Å². The molecule has 0 bridgehead atoms. The molecule has 21 heavy (non-hydrogen) atoms. The smallest absolute Gasteiger partial charge is 0.242 e. The van der Waals surface area contributed by atoms with Gasteiger partial charge in [-0.3, -0.25) is 9.59 Å². The highest BCUT2D eigenvalue weighted by Gasteiger charge is 2.40.